The molecule has 0 aromatic carbocycles. The third kappa shape index (κ3) is 4.29. The van der Waals surface area contributed by atoms with E-state index in [2.05, 4.69) is 6.58 Å². The number of hydrogen-bond donors (Lipinski definition) is 0. The maximum absolute atomic E-state index is 10.4. The Balaban J connectivity index is 3.66. The summed E-state index contributed by atoms with van der Waals surface area (Å²) in [5.74, 6) is -0.000171. The van der Waals surface area contributed by atoms with Crippen LogP contribution >= 0.6 is 0 Å². The van der Waals surface area contributed by atoms with E-state index in [1.54, 1.807) is 7.11 Å². The standard InChI is InChI=1S/C10H18O2/c1-4-5-6-7-10(12-3)9(2)8-11/h4,8-10H,1,5-7H2,2-3H3. The van der Waals surface area contributed by atoms with Gasteiger partial charge >= 0.3 is 0 Å². The summed E-state index contributed by atoms with van der Waals surface area (Å²) in [6, 6.07) is 0. The van der Waals surface area contributed by atoms with Crippen LogP contribution in [-0.4, -0.2) is 19.5 Å². The van der Waals surface area contributed by atoms with Gasteiger partial charge in [-0.25, -0.2) is 0 Å². The quantitative estimate of drug-likeness (QED) is 0.332. The van der Waals surface area contributed by atoms with Crippen LogP contribution in [0.15, 0.2) is 12.7 Å². The van der Waals surface area contributed by atoms with Gasteiger partial charge in [-0.05, 0) is 19.3 Å². The molecule has 0 spiro atoms. The molecule has 2 heteroatoms. The predicted molar refractivity (Wildman–Crippen MR) is 50.1 cm³/mol. The number of unbranched alkanes of at least 4 members (excludes halogenated alkanes) is 1. The first kappa shape index (κ1) is 11.4. The van der Waals surface area contributed by atoms with E-state index in [0.717, 1.165) is 25.5 Å². The number of allylic oxidation sites excluding steroid dienone is 1. The van der Waals surface area contributed by atoms with Gasteiger partial charge in [-0.1, -0.05) is 13.0 Å². The minimum atomic E-state index is -0.000171. The van der Waals surface area contributed by atoms with E-state index < -0.39 is 0 Å². The second-order valence-electron chi connectivity index (χ2n) is 2.99. The zero-order chi connectivity index (χ0) is 9.40. The van der Waals surface area contributed by atoms with E-state index >= 15 is 0 Å². The molecule has 0 heterocycles. The molecule has 0 aromatic heterocycles. The van der Waals surface area contributed by atoms with Gasteiger partial charge < -0.3 is 9.53 Å². The Morgan fingerprint density at radius 3 is 2.67 bits per heavy atom. The average molecular weight is 170 g/mol. The van der Waals surface area contributed by atoms with Crippen LogP contribution in [0.4, 0.5) is 0 Å². The van der Waals surface area contributed by atoms with Crippen molar-refractivity contribution in [2.24, 2.45) is 5.92 Å². The third-order valence-corrected chi connectivity index (χ3v) is 2.00. The van der Waals surface area contributed by atoms with Gasteiger partial charge in [0.15, 0.2) is 0 Å². The fourth-order valence-corrected chi connectivity index (χ4v) is 1.15. The van der Waals surface area contributed by atoms with Gasteiger partial charge in [-0.3, -0.25) is 0 Å². The Kier molecular flexibility index (Phi) is 6.67. The maximum Gasteiger partial charge on any atom is 0.125 e. The van der Waals surface area contributed by atoms with Crippen molar-refractivity contribution in [3.05, 3.63) is 12.7 Å². The fraction of sp³-hybridized carbons (Fsp3) is 0.700. The van der Waals surface area contributed by atoms with Gasteiger partial charge in [0.05, 0.1) is 6.10 Å². The molecule has 0 N–H and O–H groups in total. The molecule has 0 aromatic rings. The van der Waals surface area contributed by atoms with Crippen LogP contribution in [0.5, 0.6) is 0 Å². The number of hydrogen-bond acceptors (Lipinski definition) is 2. The molecule has 12 heavy (non-hydrogen) atoms. The van der Waals surface area contributed by atoms with Gasteiger partial charge in [-0.15, -0.1) is 6.58 Å². The van der Waals surface area contributed by atoms with Crippen LogP contribution in [0.2, 0.25) is 0 Å². The van der Waals surface area contributed by atoms with Gasteiger partial charge in [0.25, 0.3) is 0 Å². The van der Waals surface area contributed by atoms with Crippen molar-refractivity contribution in [3.8, 4) is 0 Å². The number of rotatable bonds is 7. The Hall–Kier alpha value is -0.630. The first-order chi connectivity index (χ1) is 5.76. The summed E-state index contributed by atoms with van der Waals surface area (Å²) in [5.41, 5.74) is 0. The third-order valence-electron chi connectivity index (χ3n) is 2.00. The van der Waals surface area contributed by atoms with E-state index in [1.807, 2.05) is 13.0 Å². The molecule has 2 unspecified atom stereocenters. The van der Waals surface area contributed by atoms with Crippen molar-refractivity contribution in [1.29, 1.82) is 0 Å². The zero-order valence-corrected chi connectivity index (χ0v) is 7.95. The lowest BCUT2D eigenvalue weighted by Gasteiger charge is -2.17. The van der Waals surface area contributed by atoms with Crippen LogP contribution < -0.4 is 0 Å². The second-order valence-corrected chi connectivity index (χ2v) is 2.99. The molecule has 70 valence electrons. The highest BCUT2D eigenvalue weighted by atomic mass is 16.5. The molecule has 0 rings (SSSR count). The summed E-state index contributed by atoms with van der Waals surface area (Å²) in [6.07, 6.45) is 5.87. The summed E-state index contributed by atoms with van der Waals surface area (Å²) >= 11 is 0. The first-order valence-corrected chi connectivity index (χ1v) is 4.35. The highest BCUT2D eigenvalue weighted by Gasteiger charge is 2.14. The first-order valence-electron chi connectivity index (χ1n) is 4.35. The van der Waals surface area contributed by atoms with Crippen molar-refractivity contribution in [3.63, 3.8) is 0 Å². The summed E-state index contributed by atoms with van der Waals surface area (Å²) in [5, 5.41) is 0. The molecule has 2 atom stereocenters. The topological polar surface area (TPSA) is 26.3 Å². The molecule has 2 nitrogen and oxygen atoms in total. The van der Waals surface area contributed by atoms with E-state index in [1.165, 1.54) is 0 Å². The maximum atomic E-state index is 10.4. The number of carbonyl (C=O) groups excluding carboxylic acids is 1. The van der Waals surface area contributed by atoms with Crippen LogP contribution in [0.1, 0.15) is 26.2 Å². The largest absolute Gasteiger partial charge is 0.381 e. The summed E-state index contributed by atoms with van der Waals surface area (Å²) in [6.45, 7) is 5.52. The van der Waals surface area contributed by atoms with Crippen molar-refractivity contribution in [1.82, 2.24) is 0 Å². The van der Waals surface area contributed by atoms with Crippen LogP contribution in [-0.2, 0) is 9.53 Å². The molecule has 0 aliphatic heterocycles. The molecule has 0 amide bonds. The van der Waals surface area contributed by atoms with Gasteiger partial charge in [0, 0.05) is 13.0 Å². The lowest BCUT2D eigenvalue weighted by molar-refractivity contribution is -0.114. The summed E-state index contributed by atoms with van der Waals surface area (Å²) in [7, 11) is 1.65. The minimum absolute atomic E-state index is 0.000171. The normalized spacial score (nSPS) is 15.2. The lowest BCUT2D eigenvalue weighted by Crippen LogP contribution is -2.21. The molecular formula is C10H18O2. The van der Waals surface area contributed by atoms with E-state index in [9.17, 15) is 4.79 Å². The average Bonchev–Trinajstić information content (AvgIpc) is 2.11. The van der Waals surface area contributed by atoms with Crippen molar-refractivity contribution in [2.75, 3.05) is 7.11 Å². The molecule has 0 aliphatic carbocycles. The molecule has 0 bridgehead atoms. The molecule has 0 radical (unpaired) electrons. The lowest BCUT2D eigenvalue weighted by atomic mass is 10.0. The van der Waals surface area contributed by atoms with E-state index in [-0.39, 0.29) is 12.0 Å². The molecule has 0 saturated carbocycles. The predicted octanol–water partition coefficient (Wildman–Crippen LogP) is 2.19. The van der Waals surface area contributed by atoms with Crippen LogP contribution in [0.3, 0.4) is 0 Å². The zero-order valence-electron chi connectivity index (χ0n) is 7.95. The molecule has 0 aliphatic rings. The van der Waals surface area contributed by atoms with Gasteiger partial charge in [0.2, 0.25) is 0 Å². The molecule has 0 fully saturated rings. The Morgan fingerprint density at radius 2 is 2.25 bits per heavy atom. The number of carbonyl (C=O) groups is 1. The van der Waals surface area contributed by atoms with Crippen molar-refractivity contribution in [2.45, 2.75) is 32.3 Å². The van der Waals surface area contributed by atoms with E-state index in [0.29, 0.717) is 0 Å². The smallest absolute Gasteiger partial charge is 0.125 e. The SMILES string of the molecule is C=CCCCC(OC)C(C)C=O. The summed E-state index contributed by atoms with van der Waals surface area (Å²) < 4.78 is 5.18. The monoisotopic (exact) mass is 170 g/mol. The van der Waals surface area contributed by atoms with Crippen molar-refractivity contribution < 1.29 is 9.53 Å². The number of aldehydes is 1. The van der Waals surface area contributed by atoms with Gasteiger partial charge in [-0.2, -0.15) is 0 Å². The molecule has 0 saturated heterocycles. The van der Waals surface area contributed by atoms with E-state index in [4.69, 9.17) is 4.74 Å². The number of ether oxygens (including phenoxy) is 1. The highest BCUT2D eigenvalue weighted by Crippen LogP contribution is 2.12. The fourth-order valence-electron chi connectivity index (χ4n) is 1.15. The molecular weight excluding hydrogens is 152 g/mol. The van der Waals surface area contributed by atoms with Crippen LogP contribution in [0.25, 0.3) is 0 Å². The Labute approximate surface area is 74.6 Å². The second kappa shape index (κ2) is 7.04. The summed E-state index contributed by atoms with van der Waals surface area (Å²) in [4.78, 5) is 10.4. The van der Waals surface area contributed by atoms with Gasteiger partial charge in [0.1, 0.15) is 6.29 Å². The minimum Gasteiger partial charge on any atom is -0.381 e. The Morgan fingerprint density at radius 1 is 1.58 bits per heavy atom. The number of methoxy groups -OCH3 is 1. The highest BCUT2D eigenvalue weighted by molar-refractivity contribution is 5.53. The Bertz CT molecular complexity index is 132. The van der Waals surface area contributed by atoms with Crippen LogP contribution in [0, 0.1) is 5.92 Å². The van der Waals surface area contributed by atoms with Crippen molar-refractivity contribution >= 4 is 6.29 Å².